The molecule has 5 aromatic heterocycles. The van der Waals surface area contributed by atoms with Crippen LogP contribution >= 0.6 is 11.3 Å². The van der Waals surface area contributed by atoms with Crippen LogP contribution in [0.5, 0.6) is 0 Å². The van der Waals surface area contributed by atoms with Crippen molar-refractivity contribution in [2.75, 3.05) is 9.80 Å². The van der Waals surface area contributed by atoms with Crippen molar-refractivity contribution >= 4 is 110 Å². The molecule has 0 spiro atoms. The van der Waals surface area contributed by atoms with Crippen molar-refractivity contribution < 1.29 is 8.83 Å². The molecular weight excluding hydrogens is 673 g/mol. The Balaban J connectivity index is 1.03. The van der Waals surface area contributed by atoms with Crippen LogP contribution < -0.4 is 9.80 Å². The predicted octanol–water partition coefficient (Wildman–Crippen LogP) is 13.6. The van der Waals surface area contributed by atoms with Gasteiger partial charge in [0.1, 0.15) is 43.6 Å². The highest BCUT2D eigenvalue weighted by Crippen LogP contribution is 2.42. The number of hydrogen-bond donors (Lipinski definition) is 0. The highest BCUT2D eigenvalue weighted by atomic mass is 32.1. The van der Waals surface area contributed by atoms with Gasteiger partial charge in [-0.1, -0.05) is 84.1 Å². The molecule has 0 aliphatic heterocycles. The number of pyridine rings is 2. The Morgan fingerprint density at radius 3 is 1.21 bits per heavy atom. The van der Waals surface area contributed by atoms with Gasteiger partial charge >= 0.3 is 0 Å². The van der Waals surface area contributed by atoms with E-state index < -0.39 is 0 Å². The lowest BCUT2D eigenvalue weighted by atomic mass is 10.1. The number of thiophene rings is 1. The third-order valence-electron chi connectivity index (χ3n) is 9.90. The lowest BCUT2D eigenvalue weighted by Gasteiger charge is -2.24. The average molecular weight is 701 g/mol. The molecule has 0 aliphatic rings. The molecule has 0 fully saturated rings. The van der Waals surface area contributed by atoms with E-state index in [9.17, 15) is 0 Å². The van der Waals surface area contributed by atoms with E-state index in [-0.39, 0.29) is 0 Å². The molecule has 0 saturated heterocycles. The van der Waals surface area contributed by atoms with Crippen molar-refractivity contribution in [3.8, 4) is 0 Å². The van der Waals surface area contributed by atoms with Crippen LogP contribution in [-0.4, -0.2) is 9.97 Å². The molecule has 11 rings (SSSR count). The van der Waals surface area contributed by atoms with Gasteiger partial charge in [-0.2, -0.15) is 0 Å². The van der Waals surface area contributed by atoms with Gasteiger partial charge in [0, 0.05) is 55.8 Å². The van der Waals surface area contributed by atoms with E-state index in [2.05, 4.69) is 131 Å². The van der Waals surface area contributed by atoms with Gasteiger partial charge in [-0.3, -0.25) is 9.80 Å². The maximum atomic E-state index is 6.29. The fourth-order valence-corrected chi connectivity index (χ4v) is 8.49. The molecule has 6 aromatic carbocycles. The quantitative estimate of drug-likeness (QED) is 0.172. The summed E-state index contributed by atoms with van der Waals surface area (Å²) in [5.74, 6) is 1.63. The molecule has 250 valence electrons. The number of fused-ring (bicyclic) bond motifs is 9. The zero-order valence-electron chi connectivity index (χ0n) is 28.2. The molecule has 0 unspecified atom stereocenters. The summed E-state index contributed by atoms with van der Waals surface area (Å²) < 4.78 is 12.6. The van der Waals surface area contributed by atoms with E-state index in [1.165, 1.54) is 0 Å². The molecule has 5 heterocycles. The van der Waals surface area contributed by atoms with Crippen molar-refractivity contribution in [2.24, 2.45) is 0 Å². The Hall–Kier alpha value is -6.96. The third kappa shape index (κ3) is 4.86. The fraction of sp³-hybridized carbons (Fsp3) is 0. The monoisotopic (exact) mass is 700 g/mol. The zero-order chi connectivity index (χ0) is 34.9. The number of rotatable bonds is 6. The van der Waals surface area contributed by atoms with E-state index >= 15 is 0 Å². The van der Waals surface area contributed by atoms with Crippen LogP contribution in [0, 0.1) is 0 Å². The minimum Gasteiger partial charge on any atom is -0.456 e. The van der Waals surface area contributed by atoms with E-state index in [1.54, 1.807) is 11.3 Å². The summed E-state index contributed by atoms with van der Waals surface area (Å²) in [6, 6.07) is 58.3. The molecule has 0 saturated carbocycles. The van der Waals surface area contributed by atoms with Gasteiger partial charge in [0.05, 0.1) is 11.4 Å². The average Bonchev–Trinajstić information content (AvgIpc) is 3.89. The lowest BCUT2D eigenvalue weighted by molar-refractivity contribution is 0.668. The summed E-state index contributed by atoms with van der Waals surface area (Å²) >= 11 is 1.60. The lowest BCUT2D eigenvalue weighted by Crippen LogP contribution is -2.11. The van der Waals surface area contributed by atoms with Crippen LogP contribution in [0.4, 0.5) is 34.4 Å². The minimum atomic E-state index is 0.816. The molecule has 0 amide bonds. The van der Waals surface area contributed by atoms with Crippen molar-refractivity contribution in [3.63, 3.8) is 0 Å². The van der Waals surface area contributed by atoms with Crippen LogP contribution in [0.25, 0.3) is 64.3 Å². The van der Waals surface area contributed by atoms with E-state index in [1.807, 2.05) is 48.5 Å². The number of aromatic nitrogens is 2. The fourth-order valence-electron chi connectivity index (χ4n) is 7.46. The van der Waals surface area contributed by atoms with Crippen LogP contribution in [0.1, 0.15) is 0 Å². The zero-order valence-corrected chi connectivity index (χ0v) is 29.0. The van der Waals surface area contributed by atoms with Gasteiger partial charge in [-0.15, -0.1) is 0 Å². The first-order chi connectivity index (χ1) is 26.2. The van der Waals surface area contributed by atoms with Gasteiger partial charge in [0.25, 0.3) is 0 Å². The van der Waals surface area contributed by atoms with Crippen molar-refractivity contribution in [3.05, 3.63) is 170 Å². The Bertz CT molecular complexity index is 2940. The van der Waals surface area contributed by atoms with Crippen LogP contribution in [0.15, 0.2) is 179 Å². The Labute approximate surface area is 307 Å². The number of hydrogen-bond acceptors (Lipinski definition) is 7. The molecule has 0 bridgehead atoms. The second-order valence-corrected chi connectivity index (χ2v) is 14.0. The normalized spacial score (nSPS) is 11.8. The maximum Gasteiger partial charge on any atom is 0.139 e. The van der Waals surface area contributed by atoms with E-state index in [0.717, 1.165) is 98.7 Å². The molecule has 0 N–H and O–H groups in total. The molecule has 0 atom stereocenters. The van der Waals surface area contributed by atoms with E-state index in [0.29, 0.717) is 0 Å². The molecule has 0 aliphatic carbocycles. The van der Waals surface area contributed by atoms with Crippen LogP contribution in [-0.2, 0) is 0 Å². The topological polar surface area (TPSA) is 58.5 Å². The van der Waals surface area contributed by atoms with E-state index in [4.69, 9.17) is 18.8 Å². The molecule has 6 nitrogen and oxygen atoms in total. The Morgan fingerprint density at radius 2 is 0.736 bits per heavy atom. The summed E-state index contributed by atoms with van der Waals surface area (Å²) in [5.41, 5.74) is 7.39. The Morgan fingerprint density at radius 1 is 0.340 bits per heavy atom. The van der Waals surface area contributed by atoms with Crippen molar-refractivity contribution in [2.45, 2.75) is 0 Å². The first kappa shape index (κ1) is 29.7. The first-order valence-electron chi connectivity index (χ1n) is 17.5. The van der Waals surface area contributed by atoms with Gasteiger partial charge in [0.15, 0.2) is 0 Å². The van der Waals surface area contributed by atoms with Crippen molar-refractivity contribution in [1.29, 1.82) is 0 Å². The Kier molecular flexibility index (Phi) is 6.62. The molecule has 0 radical (unpaired) electrons. The highest BCUT2D eigenvalue weighted by molar-refractivity contribution is 7.25. The number of para-hydroxylation sites is 4. The molecule has 7 heteroatoms. The first-order valence-corrected chi connectivity index (χ1v) is 18.3. The predicted molar refractivity (Wildman–Crippen MR) is 219 cm³/mol. The van der Waals surface area contributed by atoms with Crippen molar-refractivity contribution in [1.82, 2.24) is 9.97 Å². The summed E-state index contributed by atoms with van der Waals surface area (Å²) in [5, 5.41) is 6.55. The second kappa shape index (κ2) is 11.8. The van der Waals surface area contributed by atoms with Crippen LogP contribution in [0.2, 0.25) is 0 Å². The largest absolute Gasteiger partial charge is 0.456 e. The third-order valence-corrected chi connectivity index (χ3v) is 10.9. The summed E-state index contributed by atoms with van der Waals surface area (Å²) in [4.78, 5) is 16.8. The van der Waals surface area contributed by atoms with Gasteiger partial charge in [-0.25, -0.2) is 9.97 Å². The summed E-state index contributed by atoms with van der Waals surface area (Å²) in [6.07, 6.45) is 0. The maximum absolute atomic E-state index is 6.29. The standard InChI is InChI=1S/C46H28N4O2S/c1-3-11-29(12-4-1)49(31-19-21-35-33-15-7-9-17-39(33)51-41(35)27-31)43-25-23-37-38-24-26-44(48-46(38)53-45(37)47-43)50(30-13-5-2-6-14-30)32-20-22-36-34-16-8-10-18-40(34)52-42(36)28-32/h1-28H. The summed E-state index contributed by atoms with van der Waals surface area (Å²) in [6.45, 7) is 0. The SMILES string of the molecule is c1ccc(N(c2ccc3c(c2)oc2ccccc23)c2ccc3c(n2)sc2nc(N(c4ccccc4)c4ccc5c(c4)oc4ccccc45)ccc23)cc1. The number of nitrogens with zero attached hydrogens (tertiary/aromatic N) is 4. The number of anilines is 6. The smallest absolute Gasteiger partial charge is 0.139 e. The summed E-state index contributed by atoms with van der Waals surface area (Å²) in [7, 11) is 0. The second-order valence-electron chi connectivity index (χ2n) is 13.0. The van der Waals surface area contributed by atoms with Gasteiger partial charge in [0.2, 0.25) is 0 Å². The number of benzene rings is 6. The van der Waals surface area contributed by atoms with Gasteiger partial charge < -0.3 is 8.83 Å². The highest BCUT2D eigenvalue weighted by Gasteiger charge is 2.20. The van der Waals surface area contributed by atoms with Gasteiger partial charge in [-0.05, 0) is 84.9 Å². The molecular formula is C46H28N4O2S. The number of furan rings is 2. The molecule has 53 heavy (non-hydrogen) atoms. The minimum absolute atomic E-state index is 0.816. The van der Waals surface area contributed by atoms with Crippen LogP contribution in [0.3, 0.4) is 0 Å². The molecule has 11 aromatic rings.